The third-order valence-electron chi connectivity index (χ3n) is 3.81. The van der Waals surface area contributed by atoms with Crippen LogP contribution in [0.15, 0.2) is 0 Å². The molecular formula is C17H33BY6-3. The first kappa shape index (κ1) is 48.2. The molecule has 0 aliphatic rings. The first-order valence-electron chi connectivity index (χ1n) is 7.85. The van der Waals surface area contributed by atoms with Gasteiger partial charge in [0.15, 0.2) is 0 Å². The van der Waals surface area contributed by atoms with Crippen LogP contribution in [-0.4, -0.2) is 7.28 Å². The van der Waals surface area contributed by atoms with Crippen LogP contribution < -0.4 is 0 Å². The summed E-state index contributed by atoms with van der Waals surface area (Å²) in [7, 11) is 2.29. The molecule has 0 saturated heterocycles. The summed E-state index contributed by atoms with van der Waals surface area (Å²) in [5, 5.41) is 0. The molecule has 4 unspecified atom stereocenters. The van der Waals surface area contributed by atoms with Crippen LogP contribution in [0.1, 0.15) is 59.3 Å². The minimum Gasteiger partial charge on any atom is -0.348 e. The molecule has 125 valence electrons. The van der Waals surface area contributed by atoms with Crippen molar-refractivity contribution >= 4 is 7.28 Å². The summed E-state index contributed by atoms with van der Waals surface area (Å²) in [5.74, 6) is 2.40. The normalized spacial score (nSPS) is 13.6. The molecule has 0 bridgehead atoms. The van der Waals surface area contributed by atoms with E-state index >= 15 is 0 Å². The van der Waals surface area contributed by atoms with Crippen molar-refractivity contribution in [3.8, 4) is 0 Å². The van der Waals surface area contributed by atoms with E-state index in [1.807, 2.05) is 0 Å². The summed E-state index contributed by atoms with van der Waals surface area (Å²) in [6.07, 6.45) is 8.60. The van der Waals surface area contributed by atoms with Crippen LogP contribution in [-0.2, 0) is 196 Å². The van der Waals surface area contributed by atoms with Gasteiger partial charge in [0.05, 0.1) is 7.28 Å². The molecule has 7 heteroatoms. The van der Waals surface area contributed by atoms with Gasteiger partial charge in [-0.15, -0.1) is 12.8 Å². The summed E-state index contributed by atoms with van der Waals surface area (Å²) in [6.45, 7) is 19.5. The van der Waals surface area contributed by atoms with Crippen molar-refractivity contribution in [1.29, 1.82) is 0 Å². The van der Waals surface area contributed by atoms with E-state index in [0.717, 1.165) is 25.1 Å². The predicted molar refractivity (Wildman–Crippen MR) is 85.6 cm³/mol. The molecule has 0 aromatic heterocycles. The van der Waals surface area contributed by atoms with Gasteiger partial charge in [0, 0.05) is 196 Å². The third kappa shape index (κ3) is 30.9. The van der Waals surface area contributed by atoms with Crippen LogP contribution in [0.2, 0.25) is 12.1 Å². The van der Waals surface area contributed by atoms with E-state index in [-0.39, 0.29) is 196 Å². The largest absolute Gasteiger partial charge is 0.348 e. The summed E-state index contributed by atoms with van der Waals surface area (Å²) in [5.41, 5.74) is 0. The van der Waals surface area contributed by atoms with Gasteiger partial charge in [-0.25, -0.2) is 0 Å². The summed E-state index contributed by atoms with van der Waals surface area (Å²) in [4.78, 5) is 0. The molecular weight excluding hydrogens is 748 g/mol. The van der Waals surface area contributed by atoms with Gasteiger partial charge in [0.25, 0.3) is 0 Å². The Morgan fingerprint density at radius 1 is 0.708 bits per heavy atom. The second-order valence-corrected chi connectivity index (χ2v) is 5.91. The first-order chi connectivity index (χ1) is 8.53. The van der Waals surface area contributed by atoms with E-state index in [1.54, 1.807) is 0 Å². The average Bonchev–Trinajstić information content (AvgIpc) is 2.28. The maximum atomic E-state index is 4.33. The van der Waals surface area contributed by atoms with Crippen molar-refractivity contribution in [2.45, 2.75) is 71.4 Å². The predicted octanol–water partition coefficient (Wildman–Crippen LogP) is 5.63. The Morgan fingerprint density at radius 2 is 1.17 bits per heavy atom. The molecule has 0 N–H and O–H groups in total. The van der Waals surface area contributed by atoms with Crippen molar-refractivity contribution < 1.29 is 196 Å². The molecule has 0 aliphatic carbocycles. The number of hydrogen-bond donors (Lipinski definition) is 0. The SMILES string of the molecule is [CH2-]C([B]CC)CC([CH2-])CC([CH2-])CC(CC)CCC.[Y].[Y].[Y].[Y].[Y].[Y]. The monoisotopic (exact) mass is 782 g/mol. The summed E-state index contributed by atoms with van der Waals surface area (Å²) < 4.78 is 0. The molecule has 0 spiro atoms. The van der Waals surface area contributed by atoms with Crippen molar-refractivity contribution in [2.24, 2.45) is 17.8 Å². The van der Waals surface area contributed by atoms with Crippen molar-refractivity contribution in [3.05, 3.63) is 20.8 Å². The Morgan fingerprint density at radius 3 is 1.54 bits per heavy atom. The Labute approximate surface area is 306 Å². The molecule has 0 aromatic carbocycles. The standard InChI is InChI=1S/C17H33B.6Y/c1-7-10-17(8-2)13-15(5)11-14(4)12-16(6)18-9-3;;;;;;/h14-17H,4-13H2,1-3H3;;;;;;/q-3;;;;;;. The summed E-state index contributed by atoms with van der Waals surface area (Å²) in [6, 6.07) is 0. The van der Waals surface area contributed by atoms with E-state index in [4.69, 9.17) is 0 Å². The molecule has 24 heavy (non-hydrogen) atoms. The van der Waals surface area contributed by atoms with Gasteiger partial charge in [-0.05, 0) is 5.92 Å². The Kier molecular flexibility index (Phi) is 68.9. The van der Waals surface area contributed by atoms with E-state index in [0.29, 0.717) is 17.7 Å². The van der Waals surface area contributed by atoms with Crippen LogP contribution >= 0.6 is 0 Å². The minimum atomic E-state index is 0. The van der Waals surface area contributed by atoms with Crippen LogP contribution in [0.3, 0.4) is 0 Å². The first-order valence-corrected chi connectivity index (χ1v) is 7.85. The maximum Gasteiger partial charge on any atom is 0.0791 e. The molecule has 0 nitrogen and oxygen atoms in total. The molecule has 0 aliphatic heterocycles. The summed E-state index contributed by atoms with van der Waals surface area (Å²) >= 11 is 0. The average molecular weight is 782 g/mol. The fourth-order valence-corrected chi connectivity index (χ4v) is 2.89. The molecule has 0 aromatic rings. The Bertz CT molecular complexity index is 198. The van der Waals surface area contributed by atoms with Crippen molar-refractivity contribution in [2.75, 3.05) is 0 Å². The van der Waals surface area contributed by atoms with Gasteiger partial charge in [-0.3, -0.25) is 0 Å². The zero-order valence-corrected chi connectivity index (χ0v) is 33.5. The maximum absolute atomic E-state index is 4.33. The topological polar surface area (TPSA) is 0 Å². The Balaban J connectivity index is -0.0000000963. The van der Waals surface area contributed by atoms with Crippen LogP contribution in [0, 0.1) is 38.5 Å². The van der Waals surface area contributed by atoms with E-state index in [1.165, 1.54) is 25.7 Å². The van der Waals surface area contributed by atoms with Gasteiger partial charge in [-0.2, -0.15) is 17.7 Å². The minimum absolute atomic E-state index is 0. The Hall–Kier alpha value is 6.69. The molecule has 0 amide bonds. The van der Waals surface area contributed by atoms with Gasteiger partial charge in [-0.1, -0.05) is 52.8 Å². The fraction of sp³-hybridized carbons (Fsp3) is 0.824. The zero-order valence-electron chi connectivity index (χ0n) is 16.4. The van der Waals surface area contributed by atoms with E-state index in [2.05, 4.69) is 48.8 Å². The zero-order chi connectivity index (χ0) is 14.0. The molecule has 0 heterocycles. The van der Waals surface area contributed by atoms with Crippen molar-refractivity contribution in [3.63, 3.8) is 0 Å². The van der Waals surface area contributed by atoms with E-state index in [9.17, 15) is 0 Å². The second-order valence-electron chi connectivity index (χ2n) is 5.91. The van der Waals surface area contributed by atoms with Gasteiger partial charge in [0.2, 0.25) is 0 Å². The van der Waals surface area contributed by atoms with E-state index < -0.39 is 0 Å². The molecule has 0 rings (SSSR count). The molecule has 0 fully saturated rings. The smallest absolute Gasteiger partial charge is 0.0791 e. The van der Waals surface area contributed by atoms with Crippen LogP contribution in [0.25, 0.3) is 0 Å². The molecule has 7 radical (unpaired) electrons. The quantitative estimate of drug-likeness (QED) is 0.189. The van der Waals surface area contributed by atoms with Gasteiger partial charge >= 0.3 is 0 Å². The van der Waals surface area contributed by atoms with Crippen LogP contribution in [0.4, 0.5) is 0 Å². The molecule has 4 atom stereocenters. The third-order valence-corrected chi connectivity index (χ3v) is 3.81. The molecule has 0 saturated carbocycles. The van der Waals surface area contributed by atoms with Gasteiger partial charge in [0.1, 0.15) is 0 Å². The van der Waals surface area contributed by atoms with Crippen LogP contribution in [0.5, 0.6) is 0 Å². The second kappa shape index (κ2) is 34.3. The fourth-order valence-electron chi connectivity index (χ4n) is 2.89. The van der Waals surface area contributed by atoms with Crippen molar-refractivity contribution in [1.82, 2.24) is 0 Å². The number of rotatable bonds is 11. The number of hydrogen-bond acceptors (Lipinski definition) is 0. The van der Waals surface area contributed by atoms with Gasteiger partial charge < -0.3 is 20.8 Å².